The Bertz CT molecular complexity index is 620. The van der Waals surface area contributed by atoms with E-state index >= 15 is 0 Å². The van der Waals surface area contributed by atoms with Crippen molar-refractivity contribution >= 4 is 18.0 Å². The number of aliphatic carboxylic acids is 2. The summed E-state index contributed by atoms with van der Waals surface area (Å²) in [7, 11) is 3.29. The molecule has 9 nitrogen and oxygen atoms in total. The van der Waals surface area contributed by atoms with Crippen LogP contribution in [0.2, 0.25) is 0 Å². The van der Waals surface area contributed by atoms with E-state index in [4.69, 9.17) is 14.9 Å². The van der Waals surface area contributed by atoms with Gasteiger partial charge in [0.15, 0.2) is 0 Å². The summed E-state index contributed by atoms with van der Waals surface area (Å²) in [5, 5.41) is 20.9. The van der Waals surface area contributed by atoms with Crippen LogP contribution in [0.1, 0.15) is 76.9 Å². The first-order chi connectivity index (χ1) is 13.5. The third-order valence-electron chi connectivity index (χ3n) is 3.90. The minimum absolute atomic E-state index is 0.170. The molecule has 0 unspecified atom stereocenters. The van der Waals surface area contributed by atoms with Crippen LogP contribution in [0.25, 0.3) is 0 Å². The van der Waals surface area contributed by atoms with E-state index in [1.165, 1.54) is 4.90 Å². The zero-order valence-electron chi connectivity index (χ0n) is 18.2. The van der Waals surface area contributed by atoms with Gasteiger partial charge in [0.25, 0.3) is 0 Å². The Balaban J connectivity index is 0.000000543. The van der Waals surface area contributed by atoms with Gasteiger partial charge in [-0.25, -0.2) is 9.48 Å². The molecular formula is C20H35N3O6. The second-order valence-corrected chi connectivity index (χ2v) is 7.33. The highest BCUT2D eigenvalue weighted by Gasteiger charge is 2.14. The Kier molecular flexibility index (Phi) is 13.1. The predicted molar refractivity (Wildman–Crippen MR) is 109 cm³/mol. The maximum absolute atomic E-state index is 11.4. The van der Waals surface area contributed by atoms with E-state index in [0.29, 0.717) is 5.88 Å². The second kappa shape index (κ2) is 14.4. The highest BCUT2D eigenvalue weighted by Crippen LogP contribution is 2.18. The Morgan fingerprint density at radius 2 is 1.45 bits per heavy atom. The van der Waals surface area contributed by atoms with Crippen LogP contribution in [0.15, 0.2) is 6.07 Å². The van der Waals surface area contributed by atoms with E-state index in [1.807, 2.05) is 20.8 Å². The molecular weight excluding hydrogens is 378 g/mol. The lowest BCUT2D eigenvalue weighted by Gasteiger charge is -2.13. The first-order valence-electron chi connectivity index (χ1n) is 9.93. The minimum atomic E-state index is -0.740. The van der Waals surface area contributed by atoms with Gasteiger partial charge in [0, 0.05) is 33.0 Å². The van der Waals surface area contributed by atoms with E-state index in [0.717, 1.165) is 44.2 Å². The van der Waals surface area contributed by atoms with Gasteiger partial charge in [-0.3, -0.25) is 9.59 Å². The molecule has 1 aromatic heterocycles. The Morgan fingerprint density at radius 3 is 1.83 bits per heavy atom. The lowest BCUT2D eigenvalue weighted by Crippen LogP contribution is -2.26. The number of carboxylic acids is 2. The van der Waals surface area contributed by atoms with Crippen LogP contribution in [-0.4, -0.2) is 57.0 Å². The number of carbonyl (C=O) groups is 3. The smallest absolute Gasteiger partial charge is 0.416 e. The molecule has 0 fully saturated rings. The number of aryl methyl sites for hydroxylation is 1. The highest BCUT2D eigenvalue weighted by atomic mass is 16.6. The second-order valence-electron chi connectivity index (χ2n) is 7.33. The molecule has 0 aliphatic heterocycles. The minimum Gasteiger partial charge on any atom is -0.481 e. The van der Waals surface area contributed by atoms with Gasteiger partial charge in [-0.05, 0) is 33.6 Å². The molecule has 29 heavy (non-hydrogen) atoms. The number of hydrogen-bond donors (Lipinski definition) is 2. The third-order valence-corrected chi connectivity index (χ3v) is 3.90. The Morgan fingerprint density at radius 1 is 1.00 bits per heavy atom. The average molecular weight is 414 g/mol. The standard InChI is InChI=1S/C10H17N3O2.C10H18O4/c1-7(2)13-9(6-8(3)11-13)15-10(14)12(4)5;11-9(12)7-5-3-1-2-4-6-8-10(13)14/h6-7H,1-5H3;1-8H2,(H,11,12)(H,13,14). The molecule has 166 valence electrons. The number of aromatic nitrogens is 2. The Hall–Kier alpha value is -2.58. The molecule has 0 spiro atoms. The number of unbranched alkanes of at least 4 members (excludes halogenated alkanes) is 5. The number of carboxylic acid groups (broad SMARTS) is 2. The van der Waals surface area contributed by atoms with Crippen molar-refractivity contribution in [2.75, 3.05) is 14.1 Å². The summed E-state index contributed by atoms with van der Waals surface area (Å²) >= 11 is 0. The number of nitrogens with zero attached hydrogens (tertiary/aromatic N) is 3. The summed E-state index contributed by atoms with van der Waals surface area (Å²) < 4.78 is 6.87. The van der Waals surface area contributed by atoms with Crippen LogP contribution in [0, 0.1) is 6.92 Å². The summed E-state index contributed by atoms with van der Waals surface area (Å²) in [5.74, 6) is -0.993. The molecule has 2 N–H and O–H groups in total. The van der Waals surface area contributed by atoms with Crippen LogP contribution in [0.3, 0.4) is 0 Å². The number of hydrogen-bond acceptors (Lipinski definition) is 5. The van der Waals surface area contributed by atoms with Gasteiger partial charge < -0.3 is 19.8 Å². The third kappa shape index (κ3) is 13.3. The molecule has 0 saturated heterocycles. The molecule has 0 saturated carbocycles. The molecule has 1 aromatic rings. The Labute approximate surface area is 172 Å². The zero-order valence-corrected chi connectivity index (χ0v) is 18.2. The fourth-order valence-electron chi connectivity index (χ4n) is 2.38. The lowest BCUT2D eigenvalue weighted by molar-refractivity contribution is -0.138. The van der Waals surface area contributed by atoms with E-state index < -0.39 is 18.0 Å². The van der Waals surface area contributed by atoms with Crippen molar-refractivity contribution in [3.05, 3.63) is 11.8 Å². The molecule has 0 bridgehead atoms. The summed E-state index contributed by atoms with van der Waals surface area (Å²) in [5.41, 5.74) is 0.838. The van der Waals surface area contributed by atoms with Crippen molar-refractivity contribution in [2.24, 2.45) is 0 Å². The summed E-state index contributed by atoms with van der Waals surface area (Å²) in [6.07, 6.45) is 5.43. The van der Waals surface area contributed by atoms with Gasteiger partial charge in [0.05, 0.1) is 11.7 Å². The van der Waals surface area contributed by atoms with E-state index in [1.54, 1.807) is 24.8 Å². The van der Waals surface area contributed by atoms with Crippen LogP contribution in [-0.2, 0) is 9.59 Å². The summed E-state index contributed by atoms with van der Waals surface area (Å²) in [4.78, 5) is 33.0. The summed E-state index contributed by atoms with van der Waals surface area (Å²) in [6, 6.07) is 1.92. The van der Waals surface area contributed by atoms with Crippen molar-refractivity contribution in [2.45, 2.75) is 78.2 Å². The van der Waals surface area contributed by atoms with Crippen LogP contribution in [0.4, 0.5) is 4.79 Å². The fraction of sp³-hybridized carbons (Fsp3) is 0.700. The van der Waals surface area contributed by atoms with Gasteiger partial charge in [-0.1, -0.05) is 25.7 Å². The SMILES string of the molecule is Cc1cc(OC(=O)N(C)C)n(C(C)C)n1.O=C(O)CCCCCCCCC(=O)O. The van der Waals surface area contributed by atoms with Gasteiger partial charge in [-0.2, -0.15) is 5.10 Å². The normalized spacial score (nSPS) is 10.3. The van der Waals surface area contributed by atoms with Gasteiger partial charge in [0.1, 0.15) is 0 Å². The predicted octanol–water partition coefficient (Wildman–Crippen LogP) is 4.11. The first-order valence-corrected chi connectivity index (χ1v) is 9.93. The molecule has 0 radical (unpaired) electrons. The maximum Gasteiger partial charge on any atom is 0.416 e. The molecule has 0 aliphatic rings. The van der Waals surface area contributed by atoms with Crippen LogP contribution in [0.5, 0.6) is 5.88 Å². The topological polar surface area (TPSA) is 122 Å². The lowest BCUT2D eigenvalue weighted by atomic mass is 10.1. The number of carbonyl (C=O) groups excluding carboxylic acids is 1. The maximum atomic E-state index is 11.4. The quantitative estimate of drug-likeness (QED) is 0.523. The van der Waals surface area contributed by atoms with Crippen molar-refractivity contribution in [1.29, 1.82) is 0 Å². The summed E-state index contributed by atoms with van der Waals surface area (Å²) in [6.45, 7) is 5.84. The largest absolute Gasteiger partial charge is 0.481 e. The number of ether oxygens (including phenoxy) is 1. The van der Waals surface area contributed by atoms with E-state index in [9.17, 15) is 14.4 Å². The molecule has 0 atom stereocenters. The molecule has 1 amide bonds. The molecule has 1 heterocycles. The van der Waals surface area contributed by atoms with Gasteiger partial charge >= 0.3 is 18.0 Å². The zero-order chi connectivity index (χ0) is 22.4. The molecule has 0 aliphatic carbocycles. The first kappa shape index (κ1) is 26.4. The van der Waals surface area contributed by atoms with Crippen molar-refractivity contribution < 1.29 is 29.3 Å². The van der Waals surface area contributed by atoms with E-state index in [2.05, 4.69) is 5.10 Å². The highest BCUT2D eigenvalue weighted by molar-refractivity contribution is 5.69. The van der Waals surface area contributed by atoms with Gasteiger partial charge in [0.2, 0.25) is 5.88 Å². The monoisotopic (exact) mass is 413 g/mol. The van der Waals surface area contributed by atoms with Crippen LogP contribution < -0.4 is 4.74 Å². The average Bonchev–Trinajstić information content (AvgIpc) is 2.97. The van der Waals surface area contributed by atoms with E-state index in [-0.39, 0.29) is 18.9 Å². The fourth-order valence-corrected chi connectivity index (χ4v) is 2.38. The molecule has 9 heteroatoms. The van der Waals surface area contributed by atoms with Crippen LogP contribution >= 0.6 is 0 Å². The number of amides is 1. The molecule has 0 aromatic carbocycles. The number of rotatable bonds is 11. The van der Waals surface area contributed by atoms with Crippen molar-refractivity contribution in [3.63, 3.8) is 0 Å². The van der Waals surface area contributed by atoms with Crippen molar-refractivity contribution in [3.8, 4) is 5.88 Å². The molecule has 1 rings (SSSR count). The van der Waals surface area contributed by atoms with Crippen molar-refractivity contribution in [1.82, 2.24) is 14.7 Å². The van der Waals surface area contributed by atoms with Gasteiger partial charge in [-0.15, -0.1) is 0 Å².